The van der Waals surface area contributed by atoms with Crippen LogP contribution in [0.4, 0.5) is 0 Å². The molecule has 0 aliphatic rings. The Balaban J connectivity index is 4.48. The van der Waals surface area contributed by atoms with E-state index in [1.165, 1.54) is 173 Å². The van der Waals surface area contributed by atoms with E-state index >= 15 is 0 Å². The minimum Gasteiger partial charge on any atom is -0.462 e. The summed E-state index contributed by atoms with van der Waals surface area (Å²) in [6, 6.07) is 0. The molecule has 6 heteroatoms. The normalized spacial score (nSPS) is 13.0. The molecule has 1 unspecified atom stereocenters. The lowest BCUT2D eigenvalue weighted by atomic mass is 10.0. The molecule has 0 fully saturated rings. The molecule has 0 aliphatic carbocycles. The van der Waals surface area contributed by atoms with Crippen molar-refractivity contribution in [2.75, 3.05) is 13.2 Å². The standard InChI is InChI=1S/C77H128O6/c1-4-7-10-13-16-19-22-25-28-31-34-36-37-38-39-41-43-46-49-52-55-58-61-64-67-70-76(79)82-73-74(72-81-75(78)69-66-63-60-57-54-51-48-45-42-33-30-27-24-21-18-15-12-9-6-3)83-77(80)71-68-65-62-59-56-53-50-47-44-40-35-32-29-26-23-20-17-14-11-8-5-2/h9,12,18,21-23,25-27,30-32,34-35,37-38,42,45,51,54,60,63,74H,4-8,10-11,13-17,19-20,24,28-29,33,36,39-41,43-44,46-50,52-53,55-59,61-62,64-73H2,1-3H3/b12-9-,21-18-,25-22-,26-23-,30-27-,34-31-,35-32-,38-37-,45-42-,54-51-,63-60-. The Kier molecular flexibility index (Phi) is 66.3. The van der Waals surface area contributed by atoms with Crippen LogP contribution in [0.1, 0.15) is 316 Å². The van der Waals surface area contributed by atoms with Crippen molar-refractivity contribution in [1.82, 2.24) is 0 Å². The summed E-state index contributed by atoms with van der Waals surface area (Å²) in [7, 11) is 0. The molecule has 0 aromatic rings. The zero-order valence-electron chi connectivity index (χ0n) is 54.2. The van der Waals surface area contributed by atoms with Crippen LogP contribution in [0, 0.1) is 0 Å². The molecule has 0 aromatic heterocycles. The first kappa shape index (κ1) is 78.5. The minimum atomic E-state index is -0.820. The third kappa shape index (κ3) is 68.2. The van der Waals surface area contributed by atoms with E-state index in [0.29, 0.717) is 19.3 Å². The second-order valence-corrected chi connectivity index (χ2v) is 22.7. The van der Waals surface area contributed by atoms with Gasteiger partial charge in [-0.1, -0.05) is 302 Å². The Labute approximate surface area is 513 Å². The van der Waals surface area contributed by atoms with Crippen LogP contribution < -0.4 is 0 Å². The SMILES string of the molecule is CC/C=C\C/C=C\C/C=C\C/C=C\C/C=C\C/C=C\CCC(=O)OCC(COC(=O)CCCCCCCCCCCC/C=C\C/C=C\C/C=C\CCCCCCC)OC(=O)CCCCCCCCCCC/C=C\C/C=C\CCCCCCC. The average molecular weight is 1150 g/mol. The Morgan fingerprint density at radius 2 is 0.494 bits per heavy atom. The van der Waals surface area contributed by atoms with Gasteiger partial charge in [-0.2, -0.15) is 0 Å². The molecule has 0 N–H and O–H groups in total. The van der Waals surface area contributed by atoms with E-state index in [2.05, 4.69) is 148 Å². The van der Waals surface area contributed by atoms with Crippen LogP contribution >= 0.6 is 0 Å². The van der Waals surface area contributed by atoms with E-state index in [4.69, 9.17) is 14.2 Å². The van der Waals surface area contributed by atoms with E-state index in [9.17, 15) is 14.4 Å². The first-order valence-electron chi connectivity index (χ1n) is 34.7. The van der Waals surface area contributed by atoms with E-state index in [-0.39, 0.29) is 37.5 Å². The Morgan fingerprint density at radius 1 is 0.253 bits per heavy atom. The van der Waals surface area contributed by atoms with Gasteiger partial charge in [0.05, 0.1) is 0 Å². The molecule has 0 aliphatic heterocycles. The molecule has 0 rings (SSSR count). The van der Waals surface area contributed by atoms with Gasteiger partial charge in [0.1, 0.15) is 13.2 Å². The third-order valence-electron chi connectivity index (χ3n) is 14.6. The van der Waals surface area contributed by atoms with Crippen molar-refractivity contribution in [3.05, 3.63) is 134 Å². The highest BCUT2D eigenvalue weighted by molar-refractivity contribution is 5.71. The van der Waals surface area contributed by atoms with E-state index < -0.39 is 6.10 Å². The van der Waals surface area contributed by atoms with Crippen LogP contribution in [0.15, 0.2) is 134 Å². The quantitative estimate of drug-likeness (QED) is 0.0261. The zero-order valence-corrected chi connectivity index (χ0v) is 54.2. The third-order valence-corrected chi connectivity index (χ3v) is 14.6. The van der Waals surface area contributed by atoms with Gasteiger partial charge >= 0.3 is 17.9 Å². The number of allylic oxidation sites excluding steroid dienone is 22. The van der Waals surface area contributed by atoms with Crippen LogP contribution in [0.3, 0.4) is 0 Å². The van der Waals surface area contributed by atoms with Gasteiger partial charge in [0.25, 0.3) is 0 Å². The molecule has 0 amide bonds. The number of ether oxygens (including phenoxy) is 3. The number of esters is 3. The minimum absolute atomic E-state index is 0.108. The predicted molar refractivity (Wildman–Crippen MR) is 362 cm³/mol. The zero-order chi connectivity index (χ0) is 59.9. The number of carbonyl (C=O) groups excluding carboxylic acids is 3. The monoisotopic (exact) mass is 1150 g/mol. The molecule has 83 heavy (non-hydrogen) atoms. The molecular weight excluding hydrogens is 1020 g/mol. The fourth-order valence-electron chi connectivity index (χ4n) is 9.45. The smallest absolute Gasteiger partial charge is 0.306 e. The maximum atomic E-state index is 13.0. The number of hydrogen-bond acceptors (Lipinski definition) is 6. The van der Waals surface area contributed by atoms with Crippen molar-refractivity contribution in [2.24, 2.45) is 0 Å². The Morgan fingerprint density at radius 3 is 0.807 bits per heavy atom. The summed E-state index contributed by atoms with van der Waals surface area (Å²) in [6.07, 6.45) is 99.0. The number of rotatable bonds is 62. The summed E-state index contributed by atoms with van der Waals surface area (Å²) in [4.78, 5) is 38.4. The highest BCUT2D eigenvalue weighted by atomic mass is 16.6. The largest absolute Gasteiger partial charge is 0.462 e. The molecule has 0 aromatic carbocycles. The maximum absolute atomic E-state index is 13.0. The first-order valence-corrected chi connectivity index (χ1v) is 34.7. The summed E-state index contributed by atoms with van der Waals surface area (Å²) in [5.41, 5.74) is 0. The van der Waals surface area contributed by atoms with Crippen molar-refractivity contribution in [2.45, 2.75) is 322 Å². The van der Waals surface area contributed by atoms with Gasteiger partial charge in [-0.3, -0.25) is 14.4 Å². The molecule has 1 atom stereocenters. The summed E-state index contributed by atoms with van der Waals surface area (Å²) in [5.74, 6) is -0.997. The number of unbranched alkanes of at least 4 members (excludes halogenated alkanes) is 29. The van der Waals surface area contributed by atoms with Crippen molar-refractivity contribution in [3.63, 3.8) is 0 Å². The van der Waals surface area contributed by atoms with Gasteiger partial charge in [-0.25, -0.2) is 0 Å². The molecule has 0 saturated heterocycles. The highest BCUT2D eigenvalue weighted by Gasteiger charge is 2.19. The first-order chi connectivity index (χ1) is 41.0. The molecule has 0 bridgehead atoms. The van der Waals surface area contributed by atoms with Gasteiger partial charge < -0.3 is 14.2 Å². The van der Waals surface area contributed by atoms with Crippen LogP contribution in [-0.2, 0) is 28.6 Å². The van der Waals surface area contributed by atoms with Gasteiger partial charge in [-0.15, -0.1) is 0 Å². The van der Waals surface area contributed by atoms with Crippen LogP contribution in [-0.4, -0.2) is 37.2 Å². The fraction of sp³-hybridized carbons (Fsp3) is 0.675. The van der Waals surface area contributed by atoms with Crippen molar-refractivity contribution in [3.8, 4) is 0 Å². The molecule has 0 spiro atoms. The van der Waals surface area contributed by atoms with Gasteiger partial charge in [0.15, 0.2) is 6.10 Å². The summed E-state index contributed by atoms with van der Waals surface area (Å²) in [5, 5.41) is 0. The lowest BCUT2D eigenvalue weighted by molar-refractivity contribution is -0.166. The summed E-state index contributed by atoms with van der Waals surface area (Å²) >= 11 is 0. The second-order valence-electron chi connectivity index (χ2n) is 22.7. The predicted octanol–water partition coefficient (Wildman–Crippen LogP) is 24.1. The lowest BCUT2D eigenvalue weighted by Gasteiger charge is -2.18. The van der Waals surface area contributed by atoms with Gasteiger partial charge in [0.2, 0.25) is 0 Å². The molecule has 0 heterocycles. The second kappa shape index (κ2) is 70.0. The Hall–Kier alpha value is -4.45. The molecule has 6 nitrogen and oxygen atoms in total. The van der Waals surface area contributed by atoms with E-state index in [1.807, 2.05) is 6.08 Å². The van der Waals surface area contributed by atoms with Crippen molar-refractivity contribution < 1.29 is 28.6 Å². The lowest BCUT2D eigenvalue weighted by Crippen LogP contribution is -2.30. The highest BCUT2D eigenvalue weighted by Crippen LogP contribution is 2.16. The molecule has 0 radical (unpaired) electrons. The Bertz CT molecular complexity index is 1750. The molecular formula is C77H128O6. The van der Waals surface area contributed by atoms with Gasteiger partial charge in [0, 0.05) is 19.3 Å². The van der Waals surface area contributed by atoms with Crippen LogP contribution in [0.5, 0.6) is 0 Å². The number of carbonyl (C=O) groups is 3. The van der Waals surface area contributed by atoms with E-state index in [1.54, 1.807) is 0 Å². The van der Waals surface area contributed by atoms with Crippen molar-refractivity contribution >= 4 is 17.9 Å². The maximum Gasteiger partial charge on any atom is 0.306 e. The van der Waals surface area contributed by atoms with Crippen molar-refractivity contribution in [1.29, 1.82) is 0 Å². The van der Waals surface area contributed by atoms with E-state index in [0.717, 1.165) is 96.3 Å². The topological polar surface area (TPSA) is 78.9 Å². The summed E-state index contributed by atoms with van der Waals surface area (Å²) < 4.78 is 16.9. The summed E-state index contributed by atoms with van der Waals surface area (Å²) in [6.45, 7) is 6.46. The van der Waals surface area contributed by atoms with Crippen LogP contribution in [0.2, 0.25) is 0 Å². The van der Waals surface area contributed by atoms with Crippen LogP contribution in [0.25, 0.3) is 0 Å². The van der Waals surface area contributed by atoms with Gasteiger partial charge in [-0.05, 0) is 128 Å². The number of hydrogen-bond donors (Lipinski definition) is 0. The average Bonchev–Trinajstić information content (AvgIpc) is 3.49. The fourth-order valence-corrected chi connectivity index (χ4v) is 9.45. The molecule has 472 valence electrons. The molecule has 0 saturated carbocycles.